The molecule has 0 aromatic heterocycles. The summed E-state index contributed by atoms with van der Waals surface area (Å²) < 4.78 is 25.6. The van der Waals surface area contributed by atoms with Gasteiger partial charge in [0, 0.05) is 13.0 Å². The zero-order chi connectivity index (χ0) is 19.9. The van der Waals surface area contributed by atoms with Crippen LogP contribution in [0.3, 0.4) is 0 Å². The molecule has 3 N–H and O–H groups in total. The number of carboxylic acids is 1. The Bertz CT molecular complexity index is 880. The average Bonchev–Trinajstić information content (AvgIpc) is 2.67. The van der Waals surface area contributed by atoms with Crippen molar-refractivity contribution in [3.63, 3.8) is 0 Å². The van der Waals surface area contributed by atoms with E-state index in [4.69, 9.17) is 0 Å². The number of hydrogen-bond donors (Lipinski definition) is 3. The molecule has 0 saturated heterocycles. The summed E-state index contributed by atoms with van der Waals surface area (Å²) in [6.45, 7) is 0.0114. The highest BCUT2D eigenvalue weighted by Crippen LogP contribution is 2.15. The summed E-state index contributed by atoms with van der Waals surface area (Å²) in [5.41, 5.74) is 1.45. The molecule has 2 aromatic carbocycles. The highest BCUT2D eigenvalue weighted by molar-refractivity contribution is 7.89. The monoisotopic (exact) mass is 390 g/mol. The second-order valence-corrected chi connectivity index (χ2v) is 7.84. The number of carboxylic acid groups (broad SMARTS) is 1. The predicted molar refractivity (Wildman–Crippen MR) is 101 cm³/mol. The molecule has 2 rings (SSSR count). The number of carbonyl (C=O) groups is 2. The molecule has 0 aliphatic heterocycles. The predicted octanol–water partition coefficient (Wildman–Crippen LogP) is 1.51. The fourth-order valence-corrected chi connectivity index (χ4v) is 3.28. The first-order valence-corrected chi connectivity index (χ1v) is 9.88. The lowest BCUT2D eigenvalue weighted by Gasteiger charge is -2.14. The fourth-order valence-electron chi connectivity index (χ4n) is 2.55. The van der Waals surface area contributed by atoms with Crippen LogP contribution in [0.4, 0.5) is 0 Å². The van der Waals surface area contributed by atoms with Crippen LogP contribution in [-0.2, 0) is 26.0 Å². The molecule has 2 aromatic rings. The summed E-state index contributed by atoms with van der Waals surface area (Å²) in [5.74, 6) is -2.06. The van der Waals surface area contributed by atoms with Crippen molar-refractivity contribution < 1.29 is 23.1 Å². The van der Waals surface area contributed by atoms with Crippen LogP contribution in [0.2, 0.25) is 0 Å². The molecule has 8 heteroatoms. The number of aliphatic carboxylic acids is 1. The normalized spacial score (nSPS) is 12.3. The van der Waals surface area contributed by atoms with Gasteiger partial charge in [0.1, 0.15) is 0 Å². The van der Waals surface area contributed by atoms with Gasteiger partial charge in [0.25, 0.3) is 0 Å². The number of hydrogen-bond acceptors (Lipinski definition) is 4. The third-order valence-corrected chi connectivity index (χ3v) is 5.58. The number of amides is 1. The lowest BCUT2D eigenvalue weighted by Crippen LogP contribution is -2.31. The number of carbonyl (C=O) groups excluding carboxylic acids is 1. The minimum absolute atomic E-state index is 0.0114. The number of rotatable bonds is 9. The first-order valence-electron chi connectivity index (χ1n) is 8.40. The summed E-state index contributed by atoms with van der Waals surface area (Å²) in [6.07, 6.45) is 0.605. The Morgan fingerprint density at radius 2 is 1.67 bits per heavy atom. The molecule has 27 heavy (non-hydrogen) atoms. The van der Waals surface area contributed by atoms with Gasteiger partial charge in [-0.05, 0) is 36.7 Å². The zero-order valence-electron chi connectivity index (χ0n) is 14.9. The molecular formula is C19H22N2O5S. The van der Waals surface area contributed by atoms with Gasteiger partial charge in [0.15, 0.2) is 0 Å². The Balaban J connectivity index is 1.88. The third-order valence-electron chi connectivity index (χ3n) is 4.15. The molecule has 0 aliphatic rings. The molecular weight excluding hydrogens is 368 g/mol. The van der Waals surface area contributed by atoms with Crippen molar-refractivity contribution in [3.05, 3.63) is 65.7 Å². The maximum Gasteiger partial charge on any atom is 0.312 e. The van der Waals surface area contributed by atoms with Crippen LogP contribution < -0.4 is 10.0 Å². The second kappa shape index (κ2) is 9.29. The van der Waals surface area contributed by atoms with Crippen molar-refractivity contribution in [2.75, 3.05) is 13.6 Å². The van der Waals surface area contributed by atoms with Crippen molar-refractivity contribution in [1.82, 2.24) is 10.0 Å². The fraction of sp³-hybridized carbons (Fsp3) is 0.263. The first kappa shape index (κ1) is 20.6. The molecule has 1 unspecified atom stereocenters. The van der Waals surface area contributed by atoms with E-state index in [0.717, 1.165) is 5.56 Å². The molecule has 0 aliphatic carbocycles. The van der Waals surface area contributed by atoms with E-state index in [9.17, 15) is 23.1 Å². The highest BCUT2D eigenvalue weighted by atomic mass is 32.2. The summed E-state index contributed by atoms with van der Waals surface area (Å²) in [4.78, 5) is 23.6. The molecule has 0 radical (unpaired) electrons. The maximum atomic E-state index is 12.0. The van der Waals surface area contributed by atoms with E-state index in [1.807, 2.05) is 0 Å². The Labute approximate surface area is 158 Å². The van der Waals surface area contributed by atoms with E-state index in [1.165, 1.54) is 19.2 Å². The van der Waals surface area contributed by atoms with Crippen LogP contribution >= 0.6 is 0 Å². The van der Waals surface area contributed by atoms with Crippen LogP contribution in [0.25, 0.3) is 0 Å². The summed E-state index contributed by atoms with van der Waals surface area (Å²) in [7, 11) is -2.14. The number of nitrogens with one attached hydrogen (secondary N) is 2. The zero-order valence-corrected chi connectivity index (χ0v) is 15.7. The van der Waals surface area contributed by atoms with E-state index >= 15 is 0 Å². The van der Waals surface area contributed by atoms with Crippen LogP contribution in [0.1, 0.15) is 23.5 Å². The minimum Gasteiger partial charge on any atom is -0.481 e. The molecule has 0 fully saturated rings. The molecule has 1 atom stereocenters. The number of benzene rings is 2. The van der Waals surface area contributed by atoms with Gasteiger partial charge < -0.3 is 10.4 Å². The Morgan fingerprint density at radius 1 is 1.04 bits per heavy atom. The topological polar surface area (TPSA) is 113 Å². The average molecular weight is 390 g/mol. The van der Waals surface area contributed by atoms with Crippen molar-refractivity contribution in [2.24, 2.45) is 0 Å². The molecule has 1 amide bonds. The summed E-state index contributed by atoms with van der Waals surface area (Å²) in [5, 5.41) is 12.0. The maximum absolute atomic E-state index is 12.0. The van der Waals surface area contributed by atoms with Gasteiger partial charge in [-0.1, -0.05) is 42.5 Å². The lowest BCUT2D eigenvalue weighted by molar-refractivity contribution is -0.138. The van der Waals surface area contributed by atoms with Gasteiger partial charge in [-0.25, -0.2) is 13.1 Å². The standard InChI is InChI=1S/C19H22N2O5S/c1-20-27(25,26)16-10-7-14(8-11-16)9-12-18(22)21-13-17(19(23)24)15-5-3-2-4-6-15/h2-8,10-11,17,20H,9,12-13H2,1H3,(H,21,22)(H,23,24). The Hall–Kier alpha value is -2.71. The summed E-state index contributed by atoms with van der Waals surface area (Å²) in [6, 6.07) is 15.0. The van der Waals surface area contributed by atoms with E-state index in [0.29, 0.717) is 12.0 Å². The number of aryl methyl sites for hydroxylation is 1. The van der Waals surface area contributed by atoms with Gasteiger partial charge in [-0.3, -0.25) is 9.59 Å². The van der Waals surface area contributed by atoms with Gasteiger partial charge in [-0.15, -0.1) is 0 Å². The Kier molecular flexibility index (Phi) is 7.09. The van der Waals surface area contributed by atoms with E-state index in [2.05, 4.69) is 10.0 Å². The van der Waals surface area contributed by atoms with Crippen LogP contribution in [0.15, 0.2) is 59.5 Å². The highest BCUT2D eigenvalue weighted by Gasteiger charge is 2.20. The number of sulfonamides is 1. The van der Waals surface area contributed by atoms with Gasteiger partial charge in [0.2, 0.25) is 15.9 Å². The van der Waals surface area contributed by atoms with Crippen LogP contribution in [-0.4, -0.2) is 39.0 Å². The molecule has 7 nitrogen and oxygen atoms in total. The quantitative estimate of drug-likeness (QED) is 0.601. The third kappa shape index (κ3) is 5.90. The molecule has 0 heterocycles. The van der Waals surface area contributed by atoms with E-state index in [-0.39, 0.29) is 23.8 Å². The lowest BCUT2D eigenvalue weighted by atomic mass is 9.99. The molecule has 0 spiro atoms. The second-order valence-electron chi connectivity index (χ2n) is 5.96. The van der Waals surface area contributed by atoms with Gasteiger partial charge >= 0.3 is 5.97 Å². The molecule has 144 valence electrons. The van der Waals surface area contributed by atoms with E-state index < -0.39 is 21.9 Å². The van der Waals surface area contributed by atoms with Gasteiger partial charge in [0.05, 0.1) is 10.8 Å². The minimum atomic E-state index is -3.48. The van der Waals surface area contributed by atoms with Crippen molar-refractivity contribution in [3.8, 4) is 0 Å². The van der Waals surface area contributed by atoms with E-state index in [1.54, 1.807) is 42.5 Å². The molecule has 0 saturated carbocycles. The first-order chi connectivity index (χ1) is 12.8. The largest absolute Gasteiger partial charge is 0.481 e. The van der Waals surface area contributed by atoms with Crippen molar-refractivity contribution in [2.45, 2.75) is 23.7 Å². The van der Waals surface area contributed by atoms with Crippen molar-refractivity contribution in [1.29, 1.82) is 0 Å². The summed E-state index contributed by atoms with van der Waals surface area (Å²) >= 11 is 0. The SMILES string of the molecule is CNS(=O)(=O)c1ccc(CCC(=O)NCC(C(=O)O)c2ccccc2)cc1. The van der Waals surface area contributed by atoms with Crippen molar-refractivity contribution >= 4 is 21.9 Å². The van der Waals surface area contributed by atoms with Gasteiger partial charge in [-0.2, -0.15) is 0 Å². The Morgan fingerprint density at radius 3 is 2.22 bits per heavy atom. The van der Waals surface area contributed by atoms with Crippen LogP contribution in [0.5, 0.6) is 0 Å². The van der Waals surface area contributed by atoms with Crippen LogP contribution in [0, 0.1) is 0 Å². The smallest absolute Gasteiger partial charge is 0.312 e. The molecule has 0 bridgehead atoms.